The minimum Gasteiger partial charge on any atom is -0.511 e. The first kappa shape index (κ1) is 21.5. The van der Waals surface area contributed by atoms with Crippen LogP contribution < -0.4 is 5.73 Å². The summed E-state index contributed by atoms with van der Waals surface area (Å²) >= 11 is 0. The summed E-state index contributed by atoms with van der Waals surface area (Å²) in [6.45, 7) is 1.54. The number of phenolic OH excluding ortho intramolecular Hbond substituents is 1. The van der Waals surface area contributed by atoms with E-state index in [0.717, 1.165) is 18.4 Å². The molecule has 0 heterocycles. The molecule has 8 heteroatoms. The summed E-state index contributed by atoms with van der Waals surface area (Å²) in [6.07, 6.45) is 6.43. The Labute approximate surface area is 189 Å². The van der Waals surface area contributed by atoms with Gasteiger partial charge in [-0.2, -0.15) is 0 Å². The van der Waals surface area contributed by atoms with Crippen LogP contribution in [0.3, 0.4) is 0 Å². The number of aliphatic hydroxyl groups is 3. The highest BCUT2D eigenvalue weighted by molar-refractivity contribution is 6.24. The lowest BCUT2D eigenvalue weighted by Gasteiger charge is -2.48. The van der Waals surface area contributed by atoms with E-state index in [9.17, 15) is 34.8 Å². The van der Waals surface area contributed by atoms with Crippen molar-refractivity contribution < 1.29 is 34.8 Å². The fourth-order valence-electron chi connectivity index (χ4n) is 6.20. The average molecular weight is 451 g/mol. The van der Waals surface area contributed by atoms with Crippen LogP contribution in [0.25, 0.3) is 0 Å². The highest BCUT2D eigenvalue weighted by atomic mass is 16.3. The zero-order valence-electron chi connectivity index (χ0n) is 18.0. The number of allylic oxidation sites excluding steroid dienone is 4. The first-order valence-corrected chi connectivity index (χ1v) is 11.1. The van der Waals surface area contributed by atoms with E-state index in [0.29, 0.717) is 12.0 Å². The molecule has 4 aliphatic rings. The van der Waals surface area contributed by atoms with Crippen molar-refractivity contribution in [1.29, 1.82) is 0 Å². The summed E-state index contributed by atoms with van der Waals surface area (Å²) in [7, 11) is 0. The third kappa shape index (κ3) is 2.70. The average Bonchev–Trinajstić information content (AvgIpc) is 3.29. The van der Waals surface area contributed by atoms with Crippen LogP contribution in [0.4, 0.5) is 0 Å². The number of hydrogen-bond acceptors (Lipinski definition) is 7. The zero-order valence-corrected chi connectivity index (χ0v) is 18.0. The smallest absolute Gasteiger partial charge is 0.255 e. The molecule has 5 rings (SSSR count). The fourth-order valence-corrected chi connectivity index (χ4v) is 6.20. The van der Waals surface area contributed by atoms with Gasteiger partial charge >= 0.3 is 0 Å². The van der Waals surface area contributed by atoms with Crippen molar-refractivity contribution in [2.24, 2.45) is 23.5 Å². The summed E-state index contributed by atoms with van der Waals surface area (Å²) in [4.78, 5) is 38.5. The van der Waals surface area contributed by atoms with Crippen LogP contribution >= 0.6 is 0 Å². The van der Waals surface area contributed by atoms with Gasteiger partial charge in [0.1, 0.15) is 22.8 Å². The van der Waals surface area contributed by atoms with Crippen LogP contribution in [-0.2, 0) is 16.0 Å². The third-order valence-corrected chi connectivity index (χ3v) is 7.87. The van der Waals surface area contributed by atoms with Gasteiger partial charge in [0, 0.05) is 23.3 Å². The van der Waals surface area contributed by atoms with E-state index in [2.05, 4.69) is 12.2 Å². The SMILES string of the molecule is C[C@@H]1C(O)=C(C(N)=O)C(=O)[C@@]2(O)C(O)=C3C(=O)c4c(O)ccc(C5C=CCC5)c4C[C@H]3C[C@@H]12. The van der Waals surface area contributed by atoms with Gasteiger partial charge in [-0.25, -0.2) is 0 Å². The molecule has 6 N–H and O–H groups in total. The Kier molecular flexibility index (Phi) is 4.59. The number of rotatable bonds is 2. The van der Waals surface area contributed by atoms with E-state index in [-0.39, 0.29) is 29.2 Å². The number of primary amides is 1. The highest BCUT2D eigenvalue weighted by Crippen LogP contribution is 2.53. The minimum atomic E-state index is -2.56. The van der Waals surface area contributed by atoms with Crippen LogP contribution in [0.15, 0.2) is 46.9 Å². The monoisotopic (exact) mass is 451 g/mol. The van der Waals surface area contributed by atoms with Crippen LogP contribution in [-0.4, -0.2) is 43.5 Å². The van der Waals surface area contributed by atoms with Gasteiger partial charge in [-0.05, 0) is 48.8 Å². The number of carbonyl (C=O) groups excluding carboxylic acids is 3. The van der Waals surface area contributed by atoms with Gasteiger partial charge in [-0.1, -0.05) is 25.1 Å². The van der Waals surface area contributed by atoms with Crippen LogP contribution in [0, 0.1) is 17.8 Å². The summed E-state index contributed by atoms with van der Waals surface area (Å²) in [6, 6.07) is 3.27. The Morgan fingerprint density at radius 1 is 1.18 bits per heavy atom. The molecule has 33 heavy (non-hydrogen) atoms. The second-order valence-electron chi connectivity index (χ2n) is 9.48. The second kappa shape index (κ2) is 7.05. The van der Waals surface area contributed by atoms with Gasteiger partial charge in [0.05, 0.1) is 5.56 Å². The van der Waals surface area contributed by atoms with Crippen molar-refractivity contribution in [3.8, 4) is 5.75 Å². The molecular weight excluding hydrogens is 426 g/mol. The van der Waals surface area contributed by atoms with Gasteiger partial charge < -0.3 is 26.2 Å². The maximum absolute atomic E-state index is 13.6. The lowest BCUT2D eigenvalue weighted by Crippen LogP contribution is -2.59. The molecule has 8 nitrogen and oxygen atoms in total. The quantitative estimate of drug-likeness (QED) is 0.341. The normalized spacial score (nSPS) is 33.2. The number of amides is 1. The maximum atomic E-state index is 13.6. The van der Waals surface area contributed by atoms with E-state index < -0.39 is 57.9 Å². The van der Waals surface area contributed by atoms with Crippen LogP contribution in [0.5, 0.6) is 5.75 Å². The van der Waals surface area contributed by atoms with E-state index in [4.69, 9.17) is 5.73 Å². The van der Waals surface area contributed by atoms with Gasteiger partial charge in [0.15, 0.2) is 11.4 Å². The number of aliphatic hydroxyl groups excluding tert-OH is 2. The van der Waals surface area contributed by atoms with Crippen molar-refractivity contribution in [1.82, 2.24) is 0 Å². The molecule has 1 unspecified atom stereocenters. The number of phenols is 1. The first-order chi connectivity index (χ1) is 15.6. The van der Waals surface area contributed by atoms with Crippen molar-refractivity contribution in [3.05, 3.63) is 63.6 Å². The second-order valence-corrected chi connectivity index (χ2v) is 9.48. The van der Waals surface area contributed by atoms with Gasteiger partial charge in [-0.15, -0.1) is 0 Å². The summed E-state index contributed by atoms with van der Waals surface area (Å²) < 4.78 is 0. The number of fused-ring (bicyclic) bond motifs is 3. The molecule has 4 aliphatic carbocycles. The lowest BCUT2D eigenvalue weighted by molar-refractivity contribution is -0.147. The number of ketones is 2. The molecule has 0 saturated heterocycles. The van der Waals surface area contributed by atoms with E-state index in [1.807, 2.05) is 6.07 Å². The van der Waals surface area contributed by atoms with Gasteiger partial charge in [-0.3, -0.25) is 14.4 Å². The zero-order chi connectivity index (χ0) is 23.8. The molecule has 172 valence electrons. The molecule has 0 bridgehead atoms. The molecule has 1 aromatic carbocycles. The Balaban J connectivity index is 1.69. The summed E-state index contributed by atoms with van der Waals surface area (Å²) in [5.41, 5.74) is 3.51. The molecule has 1 amide bonds. The molecule has 0 saturated carbocycles. The van der Waals surface area contributed by atoms with Crippen molar-refractivity contribution in [2.45, 2.75) is 44.1 Å². The molecule has 0 fully saturated rings. The van der Waals surface area contributed by atoms with Crippen molar-refractivity contribution in [3.63, 3.8) is 0 Å². The number of nitrogens with two attached hydrogens (primary N) is 1. The third-order valence-electron chi connectivity index (χ3n) is 7.87. The minimum absolute atomic E-state index is 0.0671. The Morgan fingerprint density at radius 3 is 2.55 bits per heavy atom. The Hall–Kier alpha value is -3.39. The number of aromatic hydroxyl groups is 1. The number of carbonyl (C=O) groups is 3. The van der Waals surface area contributed by atoms with E-state index >= 15 is 0 Å². The van der Waals surface area contributed by atoms with Crippen molar-refractivity contribution in [2.75, 3.05) is 0 Å². The summed E-state index contributed by atoms with van der Waals surface area (Å²) in [5, 5.41) is 43.6. The first-order valence-electron chi connectivity index (χ1n) is 11.1. The molecule has 0 aliphatic heterocycles. The topological polar surface area (TPSA) is 158 Å². The fraction of sp³-hybridized carbons (Fsp3) is 0.400. The Morgan fingerprint density at radius 2 is 1.91 bits per heavy atom. The molecule has 5 atom stereocenters. The van der Waals surface area contributed by atoms with Gasteiger partial charge in [0.25, 0.3) is 5.91 Å². The number of benzene rings is 1. The Bertz CT molecular complexity index is 1220. The van der Waals surface area contributed by atoms with Crippen LogP contribution in [0.1, 0.15) is 53.6 Å². The molecule has 1 aromatic rings. The largest absolute Gasteiger partial charge is 0.511 e. The van der Waals surface area contributed by atoms with E-state index in [1.165, 1.54) is 13.0 Å². The predicted octanol–water partition coefficient (Wildman–Crippen LogP) is 2.26. The molecular formula is C25H25NO7. The highest BCUT2D eigenvalue weighted by Gasteiger charge is 2.61. The molecule has 0 radical (unpaired) electrons. The van der Waals surface area contributed by atoms with Crippen LogP contribution in [0.2, 0.25) is 0 Å². The number of Topliss-reactive ketones (excluding diaryl/α,β-unsaturated/α-hetero) is 2. The van der Waals surface area contributed by atoms with Crippen molar-refractivity contribution >= 4 is 17.5 Å². The molecule has 0 aromatic heterocycles. The molecule has 0 spiro atoms. The number of hydrogen-bond donors (Lipinski definition) is 5. The van der Waals surface area contributed by atoms with Gasteiger partial charge in [0.2, 0.25) is 5.78 Å². The lowest BCUT2D eigenvalue weighted by atomic mass is 9.57. The maximum Gasteiger partial charge on any atom is 0.255 e. The standard InChI is InChI=1S/C25H25NO7/c1-10-15-9-12-8-14-13(11-4-2-3-5-11)6-7-16(27)18(14)21(29)17(12)22(30)25(15,33)23(31)19(20(10)28)24(26)32/h2,4,6-7,10-12,15,27-28,30,33H,3,5,8-9H2,1H3,(H2,26,32)/t10-,11?,12-,15-,25-/m0/s1. The predicted molar refractivity (Wildman–Crippen MR) is 116 cm³/mol. The van der Waals surface area contributed by atoms with E-state index in [1.54, 1.807) is 0 Å². The summed E-state index contributed by atoms with van der Waals surface area (Å²) in [5.74, 6) is -6.87.